The topological polar surface area (TPSA) is 121 Å². The summed E-state index contributed by atoms with van der Waals surface area (Å²) >= 11 is 6.05. The molecule has 0 saturated heterocycles. The van der Waals surface area contributed by atoms with Gasteiger partial charge in [0.15, 0.2) is 0 Å². The SMILES string of the molecule is CC(C)(C)OC(=O)N(CCc1ccc(C(c2ccc(C(=O)O)cc2)=S(=O)=O)cc1)C[C@H](O)c1cccc(Cl)c1. The number of halogens is 1. The third-order valence-corrected chi connectivity index (χ3v) is 6.77. The van der Waals surface area contributed by atoms with Crippen molar-refractivity contribution < 1.29 is 33.0 Å². The Morgan fingerprint density at radius 1 is 0.949 bits per heavy atom. The molecule has 0 heterocycles. The van der Waals surface area contributed by atoms with Gasteiger partial charge in [0.05, 0.1) is 18.2 Å². The number of carboxylic acids is 1. The summed E-state index contributed by atoms with van der Waals surface area (Å²) in [4.78, 5) is 25.5. The molecule has 206 valence electrons. The lowest BCUT2D eigenvalue weighted by Crippen LogP contribution is -2.40. The molecule has 3 rings (SSSR count). The molecule has 0 spiro atoms. The number of nitrogens with zero attached hydrogens (tertiary/aromatic N) is 1. The second-order valence-electron chi connectivity index (χ2n) is 9.89. The van der Waals surface area contributed by atoms with Crippen LogP contribution in [0, 0.1) is 0 Å². The number of aromatic carboxylic acids is 1. The van der Waals surface area contributed by atoms with Gasteiger partial charge < -0.3 is 19.8 Å². The number of aliphatic hydroxyl groups excluding tert-OH is 1. The second kappa shape index (κ2) is 12.9. The summed E-state index contributed by atoms with van der Waals surface area (Å²) in [6.07, 6.45) is -1.12. The minimum Gasteiger partial charge on any atom is -0.478 e. The summed E-state index contributed by atoms with van der Waals surface area (Å²) < 4.78 is 29.5. The van der Waals surface area contributed by atoms with Gasteiger partial charge in [-0.1, -0.05) is 60.1 Å². The highest BCUT2D eigenvalue weighted by atomic mass is 35.5. The molecule has 0 radical (unpaired) electrons. The van der Waals surface area contributed by atoms with Crippen LogP contribution in [0.3, 0.4) is 0 Å². The molecule has 1 atom stereocenters. The molecule has 0 fully saturated rings. The molecule has 3 aromatic carbocycles. The molecule has 0 unspecified atom stereocenters. The van der Waals surface area contributed by atoms with E-state index in [9.17, 15) is 23.1 Å². The van der Waals surface area contributed by atoms with E-state index in [-0.39, 0.29) is 23.5 Å². The third-order valence-electron chi connectivity index (χ3n) is 5.73. The van der Waals surface area contributed by atoms with Crippen LogP contribution in [0.15, 0.2) is 72.8 Å². The minimum atomic E-state index is -2.57. The zero-order valence-electron chi connectivity index (χ0n) is 21.8. The van der Waals surface area contributed by atoms with E-state index < -0.39 is 34.1 Å². The normalized spacial score (nSPS) is 11.9. The smallest absolute Gasteiger partial charge is 0.410 e. The van der Waals surface area contributed by atoms with Gasteiger partial charge in [-0.3, -0.25) is 0 Å². The van der Waals surface area contributed by atoms with Gasteiger partial charge in [0.1, 0.15) is 10.5 Å². The van der Waals surface area contributed by atoms with Crippen molar-refractivity contribution in [2.75, 3.05) is 13.1 Å². The van der Waals surface area contributed by atoms with Crippen molar-refractivity contribution >= 4 is 38.8 Å². The lowest BCUT2D eigenvalue weighted by atomic mass is 10.0. The first-order valence-electron chi connectivity index (χ1n) is 12.1. The van der Waals surface area contributed by atoms with Crippen LogP contribution in [0.25, 0.3) is 0 Å². The van der Waals surface area contributed by atoms with E-state index in [0.717, 1.165) is 5.56 Å². The second-order valence-corrected chi connectivity index (χ2v) is 11.2. The zero-order valence-corrected chi connectivity index (χ0v) is 23.4. The Hall–Kier alpha value is -3.66. The summed E-state index contributed by atoms with van der Waals surface area (Å²) in [5.74, 6) is -1.10. The number of amides is 1. The van der Waals surface area contributed by atoms with Crippen LogP contribution in [0.1, 0.15) is 59.5 Å². The standard InChI is InChI=1S/C29H30ClNO7S/c1-29(2,3)38-28(35)31(18-25(32)23-5-4-6-24(30)17-23)16-15-19-7-9-20(10-8-19)26(39(36)37)21-11-13-22(14-12-21)27(33)34/h4-14,17,25,32H,15-16,18H2,1-3H3,(H,33,34)/t25-/m0/s1. The van der Waals surface area contributed by atoms with Gasteiger partial charge in [-0.15, -0.1) is 0 Å². The van der Waals surface area contributed by atoms with Crippen molar-refractivity contribution in [2.45, 2.75) is 38.9 Å². The molecule has 3 aromatic rings. The number of carbonyl (C=O) groups is 2. The number of ether oxygens (including phenoxy) is 1. The monoisotopic (exact) mass is 571 g/mol. The molecule has 39 heavy (non-hydrogen) atoms. The van der Waals surface area contributed by atoms with Gasteiger partial charge in [0.2, 0.25) is 10.3 Å². The lowest BCUT2D eigenvalue weighted by molar-refractivity contribution is 0.0147. The number of carboxylic acid groups (broad SMARTS) is 1. The molecule has 10 heteroatoms. The van der Waals surface area contributed by atoms with Gasteiger partial charge in [0.25, 0.3) is 0 Å². The molecular weight excluding hydrogens is 542 g/mol. The van der Waals surface area contributed by atoms with Gasteiger partial charge in [-0.25, -0.2) is 9.59 Å². The third kappa shape index (κ3) is 8.68. The van der Waals surface area contributed by atoms with Crippen molar-refractivity contribution in [1.82, 2.24) is 4.90 Å². The van der Waals surface area contributed by atoms with Crippen LogP contribution in [0.4, 0.5) is 4.79 Å². The number of aliphatic hydroxyl groups is 1. The van der Waals surface area contributed by atoms with E-state index >= 15 is 0 Å². The first-order valence-corrected chi connectivity index (χ1v) is 13.6. The van der Waals surface area contributed by atoms with Gasteiger partial charge in [0, 0.05) is 11.6 Å². The van der Waals surface area contributed by atoms with Crippen LogP contribution < -0.4 is 0 Å². The summed E-state index contributed by atoms with van der Waals surface area (Å²) in [6.45, 7) is 5.52. The number of rotatable bonds is 9. The predicted molar refractivity (Wildman–Crippen MR) is 150 cm³/mol. The Morgan fingerprint density at radius 3 is 2.03 bits per heavy atom. The highest BCUT2D eigenvalue weighted by Gasteiger charge is 2.25. The van der Waals surface area contributed by atoms with Crippen molar-refractivity contribution in [1.29, 1.82) is 0 Å². The largest absolute Gasteiger partial charge is 0.478 e. The molecule has 8 nitrogen and oxygen atoms in total. The molecular formula is C29H30ClNO7S. The van der Waals surface area contributed by atoms with Crippen LogP contribution in [0.2, 0.25) is 5.02 Å². The van der Waals surface area contributed by atoms with Crippen LogP contribution in [0.5, 0.6) is 0 Å². The highest BCUT2D eigenvalue weighted by molar-refractivity contribution is 7.74. The first kappa shape index (κ1) is 29.9. The summed E-state index contributed by atoms with van der Waals surface area (Å²) in [7, 11) is -2.57. The fraction of sp³-hybridized carbons (Fsp3) is 0.276. The summed E-state index contributed by atoms with van der Waals surface area (Å²) in [5.41, 5.74) is 1.55. The van der Waals surface area contributed by atoms with E-state index in [1.165, 1.54) is 29.2 Å². The van der Waals surface area contributed by atoms with Crippen LogP contribution >= 0.6 is 11.6 Å². The van der Waals surface area contributed by atoms with E-state index in [0.29, 0.717) is 28.1 Å². The average molecular weight is 572 g/mol. The number of hydrogen-bond donors (Lipinski definition) is 2. The summed E-state index contributed by atoms with van der Waals surface area (Å²) in [5, 5.41) is 20.3. The molecule has 0 aromatic heterocycles. The molecule has 2 N–H and O–H groups in total. The number of hydrogen-bond acceptors (Lipinski definition) is 6. The molecule has 0 aliphatic carbocycles. The molecule has 1 amide bonds. The minimum absolute atomic E-state index is 0.00718. The van der Waals surface area contributed by atoms with Crippen molar-refractivity contribution in [3.63, 3.8) is 0 Å². The van der Waals surface area contributed by atoms with E-state index in [1.807, 2.05) is 0 Å². The highest BCUT2D eigenvalue weighted by Crippen LogP contribution is 2.21. The Bertz CT molecular complexity index is 1450. The number of benzene rings is 3. The Morgan fingerprint density at radius 2 is 1.51 bits per heavy atom. The van der Waals surface area contributed by atoms with E-state index in [4.69, 9.17) is 21.4 Å². The van der Waals surface area contributed by atoms with Gasteiger partial charge >= 0.3 is 12.1 Å². The van der Waals surface area contributed by atoms with Crippen LogP contribution in [-0.2, 0) is 21.5 Å². The molecule has 0 saturated carbocycles. The maximum atomic E-state index is 12.9. The fourth-order valence-electron chi connectivity index (χ4n) is 3.82. The van der Waals surface area contributed by atoms with E-state index in [2.05, 4.69) is 0 Å². The Labute approximate surface area is 234 Å². The Kier molecular flexibility index (Phi) is 9.91. The first-order chi connectivity index (χ1) is 18.3. The molecule has 0 bridgehead atoms. The van der Waals surface area contributed by atoms with Crippen molar-refractivity contribution in [2.24, 2.45) is 0 Å². The van der Waals surface area contributed by atoms with Gasteiger partial charge in [-0.2, -0.15) is 8.42 Å². The van der Waals surface area contributed by atoms with Gasteiger partial charge in [-0.05, 0) is 73.7 Å². The fourth-order valence-corrected chi connectivity index (χ4v) is 4.68. The zero-order chi connectivity index (χ0) is 28.7. The van der Waals surface area contributed by atoms with Crippen molar-refractivity contribution in [3.05, 3.63) is 106 Å². The maximum Gasteiger partial charge on any atom is 0.410 e. The Balaban J connectivity index is 1.77. The van der Waals surface area contributed by atoms with Crippen molar-refractivity contribution in [3.8, 4) is 0 Å². The van der Waals surface area contributed by atoms with E-state index in [1.54, 1.807) is 69.3 Å². The van der Waals surface area contributed by atoms with Crippen LogP contribution in [-0.4, -0.2) is 59.1 Å². The average Bonchev–Trinajstić information content (AvgIpc) is 2.86. The number of carbonyl (C=O) groups excluding carboxylic acids is 1. The quantitative estimate of drug-likeness (QED) is 0.274. The lowest BCUT2D eigenvalue weighted by Gasteiger charge is -2.29. The molecule has 0 aliphatic heterocycles. The summed E-state index contributed by atoms with van der Waals surface area (Å²) in [6, 6.07) is 19.2. The maximum absolute atomic E-state index is 12.9. The predicted octanol–water partition coefficient (Wildman–Crippen LogP) is 5.00. The molecule has 0 aliphatic rings.